The van der Waals surface area contributed by atoms with Gasteiger partial charge in [0.2, 0.25) is 0 Å². The summed E-state index contributed by atoms with van der Waals surface area (Å²) in [4.78, 5) is 28.5. The molecule has 2 aromatic rings. The van der Waals surface area contributed by atoms with E-state index in [1.807, 2.05) is 6.07 Å². The zero-order valence-electron chi connectivity index (χ0n) is 17.2. The number of rotatable bonds is 3. The summed E-state index contributed by atoms with van der Waals surface area (Å²) in [5.41, 5.74) is 1.62. The van der Waals surface area contributed by atoms with Crippen LogP contribution in [-0.4, -0.2) is 24.9 Å². The van der Waals surface area contributed by atoms with Crippen molar-refractivity contribution in [3.05, 3.63) is 64.3 Å². The van der Waals surface area contributed by atoms with Crippen LogP contribution in [0.3, 0.4) is 0 Å². The molecular weight excluding hydrogens is 399 g/mol. The second-order valence-electron chi connectivity index (χ2n) is 8.02. The van der Waals surface area contributed by atoms with Crippen molar-refractivity contribution < 1.29 is 14.0 Å². The molecule has 0 spiro atoms. The van der Waals surface area contributed by atoms with Crippen LogP contribution in [0.1, 0.15) is 48.5 Å². The first-order chi connectivity index (χ1) is 14.4. The van der Waals surface area contributed by atoms with E-state index in [0.717, 1.165) is 24.2 Å². The highest BCUT2D eigenvalue weighted by atomic mass is 32.2. The summed E-state index contributed by atoms with van der Waals surface area (Å²) < 4.78 is 14.0. The Labute approximate surface area is 180 Å². The number of fused-ring (bicyclic) bond motifs is 1. The monoisotopic (exact) mass is 424 g/mol. The number of likely N-dealkylation sites (N-methyl/N-ethyl adjacent to an activating group) is 1. The summed E-state index contributed by atoms with van der Waals surface area (Å²) in [5, 5.41) is 3.16. The fraction of sp³-hybridized carbons (Fsp3) is 0.333. The Morgan fingerprint density at radius 2 is 1.97 bits per heavy atom. The van der Waals surface area contributed by atoms with Crippen LogP contribution in [0.25, 0.3) is 6.08 Å². The average Bonchev–Trinajstić information content (AvgIpc) is 2.74. The smallest absolute Gasteiger partial charge is 0.264 e. The van der Waals surface area contributed by atoms with Crippen LogP contribution in [0, 0.1) is 11.7 Å². The molecule has 156 valence electrons. The minimum Gasteiger partial charge on any atom is -0.349 e. The Bertz CT molecular complexity index is 1020. The van der Waals surface area contributed by atoms with E-state index in [4.69, 9.17) is 0 Å². The number of hydrogen-bond acceptors (Lipinski definition) is 3. The normalized spacial score (nSPS) is 22.7. The van der Waals surface area contributed by atoms with Gasteiger partial charge in [0.05, 0.1) is 10.6 Å². The van der Waals surface area contributed by atoms with Crippen LogP contribution in [-0.2, 0) is 4.79 Å². The molecule has 0 radical (unpaired) electrons. The second-order valence-corrected chi connectivity index (χ2v) is 9.10. The van der Waals surface area contributed by atoms with Crippen molar-refractivity contribution in [2.24, 2.45) is 5.92 Å². The molecule has 2 atom stereocenters. The van der Waals surface area contributed by atoms with Crippen LogP contribution in [0.4, 0.5) is 10.1 Å². The molecule has 1 saturated carbocycles. The van der Waals surface area contributed by atoms with E-state index in [0.29, 0.717) is 27.6 Å². The fourth-order valence-electron chi connectivity index (χ4n) is 4.05. The van der Waals surface area contributed by atoms with Crippen molar-refractivity contribution in [3.63, 3.8) is 0 Å². The summed E-state index contributed by atoms with van der Waals surface area (Å²) in [7, 11) is 1.68. The Kier molecular flexibility index (Phi) is 5.95. The first-order valence-electron chi connectivity index (χ1n) is 10.3. The minimum atomic E-state index is -0.365. The molecule has 4 nitrogen and oxygen atoms in total. The zero-order chi connectivity index (χ0) is 21.3. The van der Waals surface area contributed by atoms with Gasteiger partial charge in [0.25, 0.3) is 11.8 Å². The first-order valence-corrected chi connectivity index (χ1v) is 11.1. The van der Waals surface area contributed by atoms with Gasteiger partial charge in [-0.05, 0) is 49.1 Å². The van der Waals surface area contributed by atoms with E-state index in [-0.39, 0.29) is 23.7 Å². The Morgan fingerprint density at radius 3 is 2.73 bits per heavy atom. The highest BCUT2D eigenvalue weighted by Crippen LogP contribution is 2.42. The van der Waals surface area contributed by atoms with Crippen molar-refractivity contribution in [2.75, 3.05) is 11.9 Å². The number of hydrogen-bond donors (Lipinski definition) is 1. The van der Waals surface area contributed by atoms with Gasteiger partial charge in [-0.1, -0.05) is 49.7 Å². The van der Waals surface area contributed by atoms with Gasteiger partial charge in [0, 0.05) is 29.1 Å². The molecule has 2 aliphatic rings. The predicted molar refractivity (Wildman–Crippen MR) is 119 cm³/mol. The largest absolute Gasteiger partial charge is 0.349 e. The molecule has 0 unspecified atom stereocenters. The summed E-state index contributed by atoms with van der Waals surface area (Å²) in [6, 6.07) is 12.0. The Balaban J connectivity index is 1.57. The molecule has 0 aromatic heterocycles. The number of carbonyl (C=O) groups is 2. The predicted octanol–water partition coefficient (Wildman–Crippen LogP) is 5.24. The fourth-order valence-corrected chi connectivity index (χ4v) is 5.13. The van der Waals surface area contributed by atoms with Crippen molar-refractivity contribution >= 4 is 35.3 Å². The van der Waals surface area contributed by atoms with E-state index in [2.05, 4.69) is 12.2 Å². The van der Waals surface area contributed by atoms with Gasteiger partial charge in [-0.15, -0.1) is 0 Å². The number of nitrogens with one attached hydrogen (secondary N) is 1. The lowest BCUT2D eigenvalue weighted by Crippen LogP contribution is -2.41. The number of carbonyl (C=O) groups excluding carboxylic acids is 2. The maximum atomic E-state index is 14.0. The van der Waals surface area contributed by atoms with Crippen molar-refractivity contribution in [2.45, 2.75) is 43.5 Å². The molecule has 1 aliphatic carbocycles. The third-order valence-corrected chi connectivity index (χ3v) is 7.02. The Morgan fingerprint density at radius 1 is 1.20 bits per heavy atom. The van der Waals surface area contributed by atoms with Gasteiger partial charge in [-0.3, -0.25) is 9.59 Å². The maximum absolute atomic E-state index is 14.0. The Hall–Kier alpha value is -2.60. The lowest BCUT2D eigenvalue weighted by Gasteiger charge is -2.30. The number of nitrogens with zero attached hydrogens (tertiary/aromatic N) is 1. The van der Waals surface area contributed by atoms with Gasteiger partial charge in [-0.25, -0.2) is 4.39 Å². The molecule has 0 saturated heterocycles. The number of anilines is 1. The molecule has 2 aromatic carbocycles. The number of halogens is 1. The third kappa shape index (κ3) is 4.15. The van der Waals surface area contributed by atoms with Crippen LogP contribution in [0.2, 0.25) is 0 Å². The molecule has 1 fully saturated rings. The van der Waals surface area contributed by atoms with Gasteiger partial charge < -0.3 is 10.2 Å². The second kappa shape index (κ2) is 8.64. The summed E-state index contributed by atoms with van der Waals surface area (Å²) in [6.07, 6.45) is 6.09. The van der Waals surface area contributed by atoms with Crippen LogP contribution in [0.15, 0.2) is 52.3 Å². The molecule has 30 heavy (non-hydrogen) atoms. The SMILES string of the molecule is C[C@H]1CCCC[C@@H]1NC(=O)c1ccc2c(c1)N(C)C(=O)/C(=C/c1ccccc1F)S2. The molecular formula is C24H25FN2O2S. The zero-order valence-corrected chi connectivity index (χ0v) is 18.0. The first kappa shape index (κ1) is 20.7. The van der Waals surface area contributed by atoms with Crippen molar-refractivity contribution in [1.82, 2.24) is 5.32 Å². The highest BCUT2D eigenvalue weighted by molar-refractivity contribution is 8.04. The molecule has 4 rings (SSSR count). The van der Waals surface area contributed by atoms with Crippen LogP contribution < -0.4 is 10.2 Å². The third-order valence-electron chi connectivity index (χ3n) is 5.94. The maximum Gasteiger partial charge on any atom is 0.264 e. The molecule has 1 aliphatic heterocycles. The van der Waals surface area contributed by atoms with Gasteiger partial charge >= 0.3 is 0 Å². The lowest BCUT2D eigenvalue weighted by molar-refractivity contribution is -0.114. The van der Waals surface area contributed by atoms with Crippen LogP contribution >= 0.6 is 11.8 Å². The van der Waals surface area contributed by atoms with E-state index < -0.39 is 0 Å². The van der Waals surface area contributed by atoms with Gasteiger partial charge in [0.1, 0.15) is 5.82 Å². The van der Waals surface area contributed by atoms with E-state index >= 15 is 0 Å². The van der Waals surface area contributed by atoms with E-state index in [1.54, 1.807) is 43.5 Å². The van der Waals surface area contributed by atoms with E-state index in [1.165, 1.54) is 29.1 Å². The quantitative estimate of drug-likeness (QED) is 0.685. The summed E-state index contributed by atoms with van der Waals surface area (Å²) >= 11 is 1.30. The minimum absolute atomic E-state index is 0.102. The molecule has 1 N–H and O–H groups in total. The molecule has 0 bridgehead atoms. The van der Waals surface area contributed by atoms with Gasteiger partial charge in [0.15, 0.2) is 0 Å². The summed E-state index contributed by atoms with van der Waals surface area (Å²) in [5.74, 6) is -0.202. The van der Waals surface area contributed by atoms with Gasteiger partial charge in [-0.2, -0.15) is 0 Å². The molecule has 6 heteroatoms. The van der Waals surface area contributed by atoms with Crippen LogP contribution in [0.5, 0.6) is 0 Å². The topological polar surface area (TPSA) is 49.4 Å². The highest BCUT2D eigenvalue weighted by Gasteiger charge is 2.28. The number of benzene rings is 2. The van der Waals surface area contributed by atoms with Crippen molar-refractivity contribution in [1.29, 1.82) is 0 Å². The lowest BCUT2D eigenvalue weighted by atomic mass is 9.86. The summed E-state index contributed by atoms with van der Waals surface area (Å²) in [6.45, 7) is 2.18. The number of thioether (sulfide) groups is 1. The molecule has 1 heterocycles. The number of amides is 2. The molecule has 2 amide bonds. The van der Waals surface area contributed by atoms with Crippen molar-refractivity contribution in [3.8, 4) is 0 Å². The average molecular weight is 425 g/mol. The standard InChI is InChI=1S/C24H25FN2O2S/c1-15-7-3-6-10-19(15)26-23(28)17-11-12-21-20(13-17)27(2)24(29)22(30-21)14-16-8-4-5-9-18(16)25/h4-5,8-9,11-15,19H,3,6-7,10H2,1-2H3,(H,26,28)/b22-14-/t15-,19-/m0/s1. The van der Waals surface area contributed by atoms with E-state index in [9.17, 15) is 14.0 Å².